The minimum atomic E-state index is -4.45. The Labute approximate surface area is 60.0 Å². The third kappa shape index (κ3) is 1.42. The molecule has 1 N–H and O–H groups in total. The number of aldehydes is 1. The summed E-state index contributed by atoms with van der Waals surface area (Å²) in [6.07, 6.45) is -3.23. The van der Waals surface area contributed by atoms with Crippen molar-refractivity contribution < 1.29 is 18.0 Å². The van der Waals surface area contributed by atoms with E-state index < -0.39 is 17.4 Å². The lowest BCUT2D eigenvalue weighted by molar-refractivity contribution is -0.137. The van der Waals surface area contributed by atoms with Crippen LogP contribution in [-0.4, -0.2) is 11.3 Å². The van der Waals surface area contributed by atoms with Crippen molar-refractivity contribution in [2.24, 2.45) is 0 Å². The number of H-pyrrole nitrogens is 1. The van der Waals surface area contributed by atoms with Crippen LogP contribution in [0.4, 0.5) is 13.2 Å². The van der Waals surface area contributed by atoms with Gasteiger partial charge in [-0.25, -0.2) is 0 Å². The summed E-state index contributed by atoms with van der Waals surface area (Å²) in [5, 5.41) is 0. The fourth-order valence-electron chi connectivity index (χ4n) is 0.727. The van der Waals surface area contributed by atoms with Crippen LogP contribution in [0.5, 0.6) is 0 Å². The first-order chi connectivity index (χ1) is 5.05. The second-order valence-electron chi connectivity index (χ2n) is 1.92. The van der Waals surface area contributed by atoms with Crippen molar-refractivity contribution in [3.05, 3.63) is 23.5 Å². The third-order valence-corrected chi connectivity index (χ3v) is 1.20. The number of carbonyl (C=O) groups excluding carboxylic acids is 1. The molecule has 60 valence electrons. The minimum Gasteiger partial charge on any atom is -0.359 e. The fraction of sp³-hybridized carbons (Fsp3) is 0.167. The van der Waals surface area contributed by atoms with Gasteiger partial charge < -0.3 is 4.98 Å². The van der Waals surface area contributed by atoms with E-state index in [1.165, 1.54) is 0 Å². The van der Waals surface area contributed by atoms with Crippen LogP contribution >= 0.6 is 0 Å². The molecule has 1 aromatic heterocycles. The van der Waals surface area contributed by atoms with E-state index in [1.807, 2.05) is 0 Å². The topological polar surface area (TPSA) is 32.9 Å². The van der Waals surface area contributed by atoms with Crippen molar-refractivity contribution in [3.63, 3.8) is 0 Å². The lowest BCUT2D eigenvalue weighted by Gasteiger charge is -2.02. The van der Waals surface area contributed by atoms with Gasteiger partial charge in [0.2, 0.25) is 0 Å². The largest absolute Gasteiger partial charge is 0.418 e. The first-order valence-electron chi connectivity index (χ1n) is 2.75. The maximum Gasteiger partial charge on any atom is 0.418 e. The van der Waals surface area contributed by atoms with E-state index >= 15 is 0 Å². The van der Waals surface area contributed by atoms with Crippen LogP contribution in [0.15, 0.2) is 12.3 Å². The first-order valence-corrected chi connectivity index (χ1v) is 2.75. The molecule has 1 heterocycles. The predicted molar refractivity (Wildman–Crippen MR) is 31.2 cm³/mol. The minimum absolute atomic E-state index is 0.142. The summed E-state index contributed by atoms with van der Waals surface area (Å²) >= 11 is 0. The van der Waals surface area contributed by atoms with E-state index in [-0.39, 0.29) is 6.29 Å². The van der Waals surface area contributed by atoms with Crippen LogP contribution in [0.1, 0.15) is 16.1 Å². The molecule has 0 unspecified atom stereocenters. The van der Waals surface area contributed by atoms with E-state index in [9.17, 15) is 18.0 Å². The summed E-state index contributed by atoms with van der Waals surface area (Å²) in [4.78, 5) is 12.2. The summed E-state index contributed by atoms with van der Waals surface area (Å²) in [6, 6.07) is 0.823. The Kier molecular flexibility index (Phi) is 1.72. The third-order valence-electron chi connectivity index (χ3n) is 1.20. The van der Waals surface area contributed by atoms with Crippen molar-refractivity contribution in [1.82, 2.24) is 4.98 Å². The maximum atomic E-state index is 11.9. The molecule has 0 atom stereocenters. The molecular formula is C6H4F3NO. The second kappa shape index (κ2) is 2.41. The molecule has 0 aliphatic carbocycles. The molecule has 0 bridgehead atoms. The molecule has 11 heavy (non-hydrogen) atoms. The Balaban J connectivity index is 3.12. The van der Waals surface area contributed by atoms with Crippen molar-refractivity contribution in [2.75, 3.05) is 0 Å². The number of carbonyl (C=O) groups is 1. The highest BCUT2D eigenvalue weighted by Gasteiger charge is 2.33. The molecule has 1 rings (SSSR count). The molecule has 0 saturated heterocycles. The number of halogens is 3. The van der Waals surface area contributed by atoms with E-state index in [0.717, 1.165) is 12.3 Å². The highest BCUT2D eigenvalue weighted by molar-refractivity contribution is 5.74. The zero-order valence-corrected chi connectivity index (χ0v) is 5.27. The summed E-state index contributed by atoms with van der Waals surface area (Å²) in [5.74, 6) is 0. The Morgan fingerprint density at radius 3 is 2.45 bits per heavy atom. The summed E-state index contributed by atoms with van der Waals surface area (Å²) in [6.45, 7) is 0. The highest BCUT2D eigenvalue weighted by Crippen LogP contribution is 2.30. The first kappa shape index (κ1) is 7.84. The van der Waals surface area contributed by atoms with Gasteiger partial charge in [-0.3, -0.25) is 4.79 Å². The number of aromatic amines is 1. The van der Waals surface area contributed by atoms with Crippen molar-refractivity contribution in [3.8, 4) is 0 Å². The molecule has 0 fully saturated rings. The Bertz CT molecular complexity index is 263. The van der Waals surface area contributed by atoms with Crippen molar-refractivity contribution in [1.29, 1.82) is 0 Å². The standard InChI is InChI=1S/C6H4F3NO/c7-6(8,9)4-1-2-10-5(4)3-11/h1-3,10H. The number of alkyl halides is 3. The van der Waals surface area contributed by atoms with Crippen LogP contribution in [0.3, 0.4) is 0 Å². The number of rotatable bonds is 1. The van der Waals surface area contributed by atoms with Gasteiger partial charge in [-0.15, -0.1) is 0 Å². The molecule has 1 aromatic rings. The van der Waals surface area contributed by atoms with Gasteiger partial charge >= 0.3 is 6.18 Å². The molecular weight excluding hydrogens is 159 g/mol. The van der Waals surface area contributed by atoms with Gasteiger partial charge in [-0.05, 0) is 6.07 Å². The zero-order valence-electron chi connectivity index (χ0n) is 5.27. The number of hydrogen-bond donors (Lipinski definition) is 1. The van der Waals surface area contributed by atoms with E-state index in [1.54, 1.807) is 0 Å². The van der Waals surface area contributed by atoms with E-state index in [4.69, 9.17) is 0 Å². The lowest BCUT2D eigenvalue weighted by atomic mass is 10.2. The van der Waals surface area contributed by atoms with Crippen molar-refractivity contribution in [2.45, 2.75) is 6.18 Å². The molecule has 0 saturated carbocycles. The van der Waals surface area contributed by atoms with Crippen LogP contribution in [0.25, 0.3) is 0 Å². The fourth-order valence-corrected chi connectivity index (χ4v) is 0.727. The SMILES string of the molecule is O=Cc1[nH]ccc1C(F)(F)F. The van der Waals surface area contributed by atoms with Crippen molar-refractivity contribution >= 4 is 6.29 Å². The van der Waals surface area contributed by atoms with E-state index in [2.05, 4.69) is 4.98 Å². The Morgan fingerprint density at radius 1 is 1.45 bits per heavy atom. The van der Waals surface area contributed by atoms with Crippen LogP contribution < -0.4 is 0 Å². The number of hydrogen-bond acceptors (Lipinski definition) is 1. The molecule has 0 amide bonds. The summed E-state index contributed by atoms with van der Waals surface area (Å²) in [7, 11) is 0. The average molecular weight is 163 g/mol. The molecule has 0 radical (unpaired) electrons. The molecule has 0 aliphatic rings. The van der Waals surface area contributed by atoms with Gasteiger partial charge in [0.25, 0.3) is 0 Å². The summed E-state index contributed by atoms with van der Waals surface area (Å²) in [5.41, 5.74) is -1.36. The lowest BCUT2D eigenvalue weighted by Crippen LogP contribution is -2.06. The van der Waals surface area contributed by atoms with Gasteiger partial charge in [-0.2, -0.15) is 13.2 Å². The molecule has 2 nitrogen and oxygen atoms in total. The Morgan fingerprint density at radius 2 is 2.09 bits per heavy atom. The average Bonchev–Trinajstić information content (AvgIpc) is 2.31. The number of nitrogens with one attached hydrogen (secondary N) is 1. The summed E-state index contributed by atoms with van der Waals surface area (Å²) < 4.78 is 35.7. The maximum absolute atomic E-state index is 11.9. The highest BCUT2D eigenvalue weighted by atomic mass is 19.4. The quantitative estimate of drug-likeness (QED) is 0.629. The van der Waals surface area contributed by atoms with Crippen LogP contribution in [0.2, 0.25) is 0 Å². The normalized spacial score (nSPS) is 11.5. The van der Waals surface area contributed by atoms with Gasteiger partial charge in [0.15, 0.2) is 6.29 Å². The molecule has 5 heteroatoms. The smallest absolute Gasteiger partial charge is 0.359 e. The zero-order chi connectivity index (χ0) is 8.48. The van der Waals surface area contributed by atoms with Gasteiger partial charge in [-0.1, -0.05) is 0 Å². The van der Waals surface area contributed by atoms with Gasteiger partial charge in [0, 0.05) is 6.20 Å². The van der Waals surface area contributed by atoms with Crippen LogP contribution in [0, 0.1) is 0 Å². The monoisotopic (exact) mass is 163 g/mol. The molecule has 0 aromatic carbocycles. The number of aromatic nitrogens is 1. The molecule has 0 spiro atoms. The van der Waals surface area contributed by atoms with Gasteiger partial charge in [0.1, 0.15) is 0 Å². The van der Waals surface area contributed by atoms with Crippen LogP contribution in [-0.2, 0) is 6.18 Å². The second-order valence-corrected chi connectivity index (χ2v) is 1.92. The Hall–Kier alpha value is -1.26. The van der Waals surface area contributed by atoms with E-state index in [0.29, 0.717) is 0 Å². The molecule has 0 aliphatic heterocycles. The predicted octanol–water partition coefficient (Wildman–Crippen LogP) is 1.85. The van der Waals surface area contributed by atoms with Gasteiger partial charge in [0.05, 0.1) is 11.3 Å².